The summed E-state index contributed by atoms with van der Waals surface area (Å²) in [5.41, 5.74) is 3.16. The Labute approximate surface area is 141 Å². The van der Waals surface area contributed by atoms with Crippen LogP contribution in [0.2, 0.25) is 0 Å². The smallest absolute Gasteiger partial charge is 0.219 e. The molecule has 5 heteroatoms. The van der Waals surface area contributed by atoms with Crippen LogP contribution in [0.1, 0.15) is 36.3 Å². The van der Waals surface area contributed by atoms with Gasteiger partial charge in [-0.25, -0.2) is 4.98 Å². The van der Waals surface area contributed by atoms with Crippen LogP contribution in [0.3, 0.4) is 0 Å². The number of hydrogen-bond acceptors (Lipinski definition) is 4. The SMILES string of the molecule is COc1cc(C)ccc1-c1csc(C2CCCN(C(C)=O)C2)n1. The minimum Gasteiger partial charge on any atom is -0.496 e. The number of piperidine rings is 1. The van der Waals surface area contributed by atoms with E-state index in [2.05, 4.69) is 24.4 Å². The third-order valence-corrected chi connectivity index (χ3v) is 5.38. The van der Waals surface area contributed by atoms with Gasteiger partial charge in [-0.3, -0.25) is 4.79 Å². The Kier molecular flexibility index (Phi) is 4.66. The van der Waals surface area contributed by atoms with Gasteiger partial charge in [-0.1, -0.05) is 6.07 Å². The molecule has 1 fully saturated rings. The molecule has 4 nitrogen and oxygen atoms in total. The molecule has 0 saturated carbocycles. The number of aryl methyl sites for hydroxylation is 1. The van der Waals surface area contributed by atoms with E-state index in [1.54, 1.807) is 25.4 Å². The molecule has 3 rings (SSSR count). The van der Waals surface area contributed by atoms with E-state index in [4.69, 9.17) is 9.72 Å². The van der Waals surface area contributed by atoms with Gasteiger partial charge in [0, 0.05) is 36.9 Å². The molecule has 1 saturated heterocycles. The Balaban J connectivity index is 1.85. The third kappa shape index (κ3) is 3.39. The van der Waals surface area contributed by atoms with Gasteiger partial charge < -0.3 is 9.64 Å². The van der Waals surface area contributed by atoms with Crippen LogP contribution < -0.4 is 4.74 Å². The van der Waals surface area contributed by atoms with Crippen LogP contribution in [-0.4, -0.2) is 36.0 Å². The van der Waals surface area contributed by atoms with E-state index >= 15 is 0 Å². The first-order valence-electron chi connectivity index (χ1n) is 7.94. The van der Waals surface area contributed by atoms with E-state index in [9.17, 15) is 4.79 Å². The van der Waals surface area contributed by atoms with Gasteiger partial charge >= 0.3 is 0 Å². The Hall–Kier alpha value is -1.88. The lowest BCUT2D eigenvalue weighted by molar-refractivity contribution is -0.130. The molecule has 23 heavy (non-hydrogen) atoms. The van der Waals surface area contributed by atoms with Crippen LogP contribution in [0.25, 0.3) is 11.3 Å². The first-order valence-corrected chi connectivity index (χ1v) is 8.82. The van der Waals surface area contributed by atoms with Crippen LogP contribution >= 0.6 is 11.3 Å². The zero-order valence-corrected chi connectivity index (χ0v) is 14.7. The van der Waals surface area contributed by atoms with Gasteiger partial charge in [-0.05, 0) is 37.5 Å². The van der Waals surface area contributed by atoms with Crippen molar-refractivity contribution in [3.8, 4) is 17.0 Å². The van der Waals surface area contributed by atoms with E-state index in [-0.39, 0.29) is 5.91 Å². The highest BCUT2D eigenvalue weighted by Crippen LogP contribution is 2.35. The molecular formula is C18H22N2O2S. The van der Waals surface area contributed by atoms with Crippen LogP contribution in [-0.2, 0) is 4.79 Å². The highest BCUT2D eigenvalue weighted by atomic mass is 32.1. The van der Waals surface area contributed by atoms with Crippen LogP contribution in [0.4, 0.5) is 0 Å². The largest absolute Gasteiger partial charge is 0.496 e. The van der Waals surface area contributed by atoms with Gasteiger partial charge in [0.15, 0.2) is 0 Å². The summed E-state index contributed by atoms with van der Waals surface area (Å²) in [6.45, 7) is 5.35. The quantitative estimate of drug-likeness (QED) is 0.858. The summed E-state index contributed by atoms with van der Waals surface area (Å²) in [6.07, 6.45) is 2.15. The topological polar surface area (TPSA) is 42.4 Å². The lowest BCUT2D eigenvalue weighted by Crippen LogP contribution is -2.37. The van der Waals surface area contributed by atoms with E-state index in [1.807, 2.05) is 11.0 Å². The number of carbonyl (C=O) groups excluding carboxylic acids is 1. The number of nitrogens with zero attached hydrogens (tertiary/aromatic N) is 2. The Morgan fingerprint density at radius 2 is 2.26 bits per heavy atom. The number of thiazole rings is 1. The normalized spacial score (nSPS) is 18.0. The lowest BCUT2D eigenvalue weighted by atomic mass is 9.98. The van der Waals surface area contributed by atoms with Crippen LogP contribution in [0.15, 0.2) is 23.6 Å². The maximum atomic E-state index is 11.6. The maximum absolute atomic E-state index is 11.6. The number of hydrogen-bond donors (Lipinski definition) is 0. The van der Waals surface area contributed by atoms with E-state index in [0.717, 1.165) is 47.9 Å². The number of amides is 1. The average Bonchev–Trinajstić information content (AvgIpc) is 3.04. The number of ether oxygens (including phenoxy) is 1. The Bertz CT molecular complexity index is 711. The Morgan fingerprint density at radius 3 is 3.00 bits per heavy atom. The third-order valence-electron chi connectivity index (χ3n) is 4.37. The fourth-order valence-electron chi connectivity index (χ4n) is 3.07. The van der Waals surface area contributed by atoms with Gasteiger partial charge in [-0.2, -0.15) is 0 Å². The molecule has 1 unspecified atom stereocenters. The first kappa shape index (κ1) is 16.0. The van der Waals surface area contributed by atoms with E-state index < -0.39 is 0 Å². The van der Waals surface area contributed by atoms with E-state index in [1.165, 1.54) is 5.56 Å². The number of rotatable bonds is 3. The summed E-state index contributed by atoms with van der Waals surface area (Å²) in [4.78, 5) is 18.4. The minimum absolute atomic E-state index is 0.159. The van der Waals surface area contributed by atoms with Crippen molar-refractivity contribution in [1.29, 1.82) is 0 Å². The molecule has 0 aliphatic carbocycles. The number of carbonyl (C=O) groups is 1. The number of aromatic nitrogens is 1. The van der Waals surface area contributed by atoms with Crippen LogP contribution in [0.5, 0.6) is 5.75 Å². The van der Waals surface area contributed by atoms with E-state index in [0.29, 0.717) is 5.92 Å². The van der Waals surface area contributed by atoms with Crippen molar-refractivity contribution in [2.45, 2.75) is 32.6 Å². The molecule has 1 amide bonds. The Morgan fingerprint density at radius 1 is 1.43 bits per heavy atom. The standard InChI is InChI=1S/C18H22N2O2S/c1-12-6-7-15(17(9-12)22-3)16-11-23-18(19-16)14-5-4-8-20(10-14)13(2)21/h6-7,9,11,14H,4-5,8,10H2,1-3H3. The first-order chi connectivity index (χ1) is 11.1. The van der Waals surface area contributed by atoms with Gasteiger partial charge in [0.2, 0.25) is 5.91 Å². The molecule has 0 bridgehead atoms. The summed E-state index contributed by atoms with van der Waals surface area (Å²) in [6, 6.07) is 6.18. The molecule has 0 N–H and O–H groups in total. The molecule has 122 valence electrons. The second kappa shape index (κ2) is 6.71. The lowest BCUT2D eigenvalue weighted by Gasteiger charge is -2.30. The van der Waals surface area contributed by atoms with Crippen molar-refractivity contribution < 1.29 is 9.53 Å². The van der Waals surface area contributed by atoms with Crippen molar-refractivity contribution in [1.82, 2.24) is 9.88 Å². The zero-order chi connectivity index (χ0) is 16.4. The van der Waals surface area contributed by atoms with Gasteiger partial charge in [0.25, 0.3) is 0 Å². The van der Waals surface area contributed by atoms with Crippen molar-refractivity contribution in [2.24, 2.45) is 0 Å². The summed E-state index contributed by atoms with van der Waals surface area (Å²) < 4.78 is 5.50. The van der Waals surface area contributed by atoms with Crippen LogP contribution in [0, 0.1) is 6.92 Å². The summed E-state index contributed by atoms with van der Waals surface area (Å²) >= 11 is 1.68. The number of likely N-dealkylation sites (tertiary alicyclic amines) is 1. The molecule has 2 aromatic rings. The summed E-state index contributed by atoms with van der Waals surface area (Å²) in [5.74, 6) is 1.37. The highest BCUT2D eigenvalue weighted by Gasteiger charge is 2.25. The molecule has 1 aromatic heterocycles. The average molecular weight is 330 g/mol. The summed E-state index contributed by atoms with van der Waals surface area (Å²) in [5, 5.41) is 3.21. The van der Waals surface area contributed by atoms with Crippen molar-refractivity contribution >= 4 is 17.2 Å². The number of methoxy groups -OCH3 is 1. The molecular weight excluding hydrogens is 308 g/mol. The molecule has 0 spiro atoms. The fourth-order valence-corrected chi connectivity index (χ4v) is 4.02. The molecule has 2 heterocycles. The predicted octanol–water partition coefficient (Wildman–Crippen LogP) is 3.85. The minimum atomic E-state index is 0.159. The fraction of sp³-hybridized carbons (Fsp3) is 0.444. The monoisotopic (exact) mass is 330 g/mol. The predicted molar refractivity (Wildman–Crippen MR) is 93.1 cm³/mol. The zero-order valence-electron chi connectivity index (χ0n) is 13.8. The molecule has 1 aromatic carbocycles. The van der Waals surface area contributed by atoms with Gasteiger partial charge in [0.1, 0.15) is 5.75 Å². The highest BCUT2D eigenvalue weighted by molar-refractivity contribution is 7.10. The van der Waals surface area contributed by atoms with Gasteiger partial charge in [-0.15, -0.1) is 11.3 Å². The molecule has 1 aliphatic rings. The second-order valence-electron chi connectivity index (χ2n) is 6.08. The molecule has 1 aliphatic heterocycles. The maximum Gasteiger partial charge on any atom is 0.219 e. The molecule has 0 radical (unpaired) electrons. The number of benzene rings is 1. The van der Waals surface area contributed by atoms with Crippen molar-refractivity contribution in [2.75, 3.05) is 20.2 Å². The summed E-state index contributed by atoms with van der Waals surface area (Å²) in [7, 11) is 1.69. The van der Waals surface area contributed by atoms with Crippen molar-refractivity contribution in [3.63, 3.8) is 0 Å². The second-order valence-corrected chi connectivity index (χ2v) is 6.97. The van der Waals surface area contributed by atoms with Crippen molar-refractivity contribution in [3.05, 3.63) is 34.2 Å². The van der Waals surface area contributed by atoms with Gasteiger partial charge in [0.05, 0.1) is 17.8 Å². The molecule has 1 atom stereocenters.